The summed E-state index contributed by atoms with van der Waals surface area (Å²) >= 11 is 1.67. The summed E-state index contributed by atoms with van der Waals surface area (Å²) < 4.78 is 1.19. The first-order valence-electron chi connectivity index (χ1n) is 9.47. The maximum absolute atomic E-state index is 13.3. The maximum Gasteiger partial charge on any atom is 0.238 e. The highest BCUT2D eigenvalue weighted by molar-refractivity contribution is 7.19. The average Bonchev–Trinajstić information content (AvgIpc) is 3.05. The Morgan fingerprint density at radius 1 is 0.923 bits per heavy atom. The van der Waals surface area contributed by atoms with Crippen LogP contribution in [0.25, 0.3) is 10.1 Å². The smallest absolute Gasteiger partial charge is 0.238 e. The van der Waals surface area contributed by atoms with E-state index in [2.05, 4.69) is 18.2 Å². The summed E-state index contributed by atoms with van der Waals surface area (Å²) in [6.45, 7) is 12.1. The molecule has 0 aliphatic carbocycles. The summed E-state index contributed by atoms with van der Waals surface area (Å²) in [6.07, 6.45) is 0.441. The summed E-state index contributed by atoms with van der Waals surface area (Å²) in [5.41, 5.74) is -1.07. The minimum atomic E-state index is -1.07. The van der Waals surface area contributed by atoms with Crippen LogP contribution in [0.4, 0.5) is 0 Å². The van der Waals surface area contributed by atoms with Crippen molar-refractivity contribution in [3.63, 3.8) is 0 Å². The lowest BCUT2D eigenvalue weighted by Crippen LogP contribution is -2.53. The Balaban J connectivity index is 2.44. The molecule has 142 valence electrons. The third kappa shape index (κ3) is 3.93. The number of hydrogen-bond acceptors (Lipinski definition) is 3. The molecule has 4 nitrogen and oxygen atoms in total. The van der Waals surface area contributed by atoms with Crippen molar-refractivity contribution in [2.45, 2.75) is 41.0 Å². The van der Waals surface area contributed by atoms with Gasteiger partial charge < -0.3 is 9.80 Å². The minimum Gasteiger partial charge on any atom is -0.342 e. The largest absolute Gasteiger partial charge is 0.342 e. The SMILES string of the molecule is CCN(CC)C(=O)C(C)(Cc1cc2ccccc2s1)C(=O)N(CC)CC. The van der Waals surface area contributed by atoms with E-state index in [-0.39, 0.29) is 11.8 Å². The van der Waals surface area contributed by atoms with Gasteiger partial charge in [-0.05, 0) is 52.1 Å². The molecule has 0 spiro atoms. The second-order valence-electron chi connectivity index (χ2n) is 6.71. The lowest BCUT2D eigenvalue weighted by molar-refractivity contribution is -0.155. The highest BCUT2D eigenvalue weighted by Crippen LogP contribution is 2.34. The van der Waals surface area contributed by atoms with Crippen LogP contribution in [0.3, 0.4) is 0 Å². The highest BCUT2D eigenvalue weighted by Gasteiger charge is 2.45. The molecule has 2 rings (SSSR count). The number of thiophene rings is 1. The lowest BCUT2D eigenvalue weighted by Gasteiger charge is -2.36. The number of amides is 2. The number of hydrogen-bond donors (Lipinski definition) is 0. The van der Waals surface area contributed by atoms with E-state index in [1.54, 1.807) is 21.1 Å². The predicted molar refractivity (Wildman–Crippen MR) is 109 cm³/mol. The van der Waals surface area contributed by atoms with Crippen molar-refractivity contribution in [1.29, 1.82) is 0 Å². The van der Waals surface area contributed by atoms with Crippen LogP contribution in [0.2, 0.25) is 0 Å². The monoisotopic (exact) mass is 374 g/mol. The van der Waals surface area contributed by atoms with Gasteiger partial charge in [0.15, 0.2) is 0 Å². The van der Waals surface area contributed by atoms with Crippen LogP contribution in [0.5, 0.6) is 0 Å². The van der Waals surface area contributed by atoms with Crippen LogP contribution in [-0.4, -0.2) is 47.8 Å². The van der Waals surface area contributed by atoms with Crippen LogP contribution in [-0.2, 0) is 16.0 Å². The number of carbonyl (C=O) groups excluding carboxylic acids is 2. The standard InChI is InChI=1S/C21H30N2O2S/c1-6-22(7-2)19(24)21(5,20(25)23(8-3)9-4)15-17-14-16-12-10-11-13-18(16)26-17/h10-14H,6-9,15H2,1-5H3. The van der Waals surface area contributed by atoms with Crippen LogP contribution < -0.4 is 0 Å². The molecular weight excluding hydrogens is 344 g/mol. The Morgan fingerprint density at radius 3 is 1.88 bits per heavy atom. The second-order valence-corrected chi connectivity index (χ2v) is 7.88. The zero-order valence-electron chi connectivity index (χ0n) is 16.5. The molecule has 1 heterocycles. The molecule has 0 aliphatic heterocycles. The maximum atomic E-state index is 13.3. The summed E-state index contributed by atoms with van der Waals surface area (Å²) in [5, 5.41) is 1.17. The number of fused-ring (bicyclic) bond motifs is 1. The summed E-state index contributed by atoms with van der Waals surface area (Å²) in [5.74, 6) is -0.145. The fraction of sp³-hybridized carbons (Fsp3) is 0.524. The molecule has 0 radical (unpaired) electrons. The second kappa shape index (κ2) is 8.67. The number of carbonyl (C=O) groups is 2. The fourth-order valence-electron chi connectivity index (χ4n) is 3.43. The van der Waals surface area contributed by atoms with Crippen molar-refractivity contribution in [3.05, 3.63) is 35.2 Å². The Hall–Kier alpha value is -1.88. The van der Waals surface area contributed by atoms with Crippen molar-refractivity contribution in [3.8, 4) is 0 Å². The first-order valence-corrected chi connectivity index (χ1v) is 10.3. The van der Waals surface area contributed by atoms with Crippen LogP contribution in [0.15, 0.2) is 30.3 Å². The van der Waals surface area contributed by atoms with E-state index in [1.807, 2.05) is 46.8 Å². The van der Waals surface area contributed by atoms with Gasteiger partial charge in [-0.25, -0.2) is 0 Å². The van der Waals surface area contributed by atoms with E-state index in [9.17, 15) is 9.59 Å². The Morgan fingerprint density at radius 2 is 1.42 bits per heavy atom. The van der Waals surface area contributed by atoms with Gasteiger partial charge >= 0.3 is 0 Å². The molecule has 0 unspecified atom stereocenters. The van der Waals surface area contributed by atoms with E-state index in [0.29, 0.717) is 32.6 Å². The fourth-order valence-corrected chi connectivity index (χ4v) is 4.66. The molecule has 0 saturated heterocycles. The van der Waals surface area contributed by atoms with Gasteiger partial charge in [0.25, 0.3) is 0 Å². The zero-order valence-corrected chi connectivity index (χ0v) is 17.4. The topological polar surface area (TPSA) is 40.6 Å². The predicted octanol–water partition coefficient (Wildman–Crippen LogP) is 4.19. The lowest BCUT2D eigenvalue weighted by atomic mass is 9.82. The van der Waals surface area contributed by atoms with E-state index in [1.165, 1.54) is 10.1 Å². The zero-order chi connectivity index (χ0) is 19.3. The van der Waals surface area contributed by atoms with Crippen molar-refractivity contribution >= 4 is 33.2 Å². The molecule has 1 aromatic heterocycles. The first kappa shape index (κ1) is 20.4. The van der Waals surface area contributed by atoms with Crippen LogP contribution in [0.1, 0.15) is 39.5 Å². The van der Waals surface area contributed by atoms with Crippen LogP contribution in [0, 0.1) is 5.41 Å². The highest BCUT2D eigenvalue weighted by atomic mass is 32.1. The van der Waals surface area contributed by atoms with Crippen molar-refractivity contribution in [1.82, 2.24) is 9.80 Å². The van der Waals surface area contributed by atoms with E-state index < -0.39 is 5.41 Å². The summed E-state index contributed by atoms with van der Waals surface area (Å²) in [6, 6.07) is 10.3. The van der Waals surface area contributed by atoms with E-state index in [0.717, 1.165) is 4.88 Å². The van der Waals surface area contributed by atoms with Gasteiger partial charge in [0, 0.05) is 42.2 Å². The molecule has 2 aromatic rings. The molecule has 0 aliphatic rings. The first-order chi connectivity index (χ1) is 12.4. The Labute approximate surface area is 160 Å². The number of rotatable bonds is 8. The molecule has 1 aromatic carbocycles. The normalized spacial score (nSPS) is 11.6. The molecule has 0 bridgehead atoms. The molecule has 0 saturated carbocycles. The molecule has 26 heavy (non-hydrogen) atoms. The van der Waals surface area contributed by atoms with Gasteiger partial charge in [-0.2, -0.15) is 0 Å². The van der Waals surface area contributed by atoms with Crippen LogP contribution >= 0.6 is 11.3 Å². The quantitative estimate of drug-likeness (QED) is 0.650. The average molecular weight is 375 g/mol. The third-order valence-electron chi connectivity index (χ3n) is 5.05. The third-order valence-corrected chi connectivity index (χ3v) is 6.17. The van der Waals surface area contributed by atoms with E-state index in [4.69, 9.17) is 0 Å². The van der Waals surface area contributed by atoms with Gasteiger partial charge in [-0.1, -0.05) is 18.2 Å². The van der Waals surface area contributed by atoms with Gasteiger partial charge in [-0.15, -0.1) is 11.3 Å². The Kier molecular flexibility index (Phi) is 6.81. The molecule has 0 fully saturated rings. The van der Waals surface area contributed by atoms with Crippen molar-refractivity contribution in [2.24, 2.45) is 5.41 Å². The van der Waals surface area contributed by atoms with E-state index >= 15 is 0 Å². The Bertz CT molecular complexity index is 703. The number of benzene rings is 1. The van der Waals surface area contributed by atoms with Crippen molar-refractivity contribution in [2.75, 3.05) is 26.2 Å². The summed E-state index contributed by atoms with van der Waals surface area (Å²) in [4.78, 5) is 31.2. The van der Waals surface area contributed by atoms with Gasteiger partial charge in [-0.3, -0.25) is 9.59 Å². The number of nitrogens with zero attached hydrogens (tertiary/aromatic N) is 2. The molecule has 0 atom stereocenters. The van der Waals surface area contributed by atoms with Gasteiger partial charge in [0.05, 0.1) is 0 Å². The van der Waals surface area contributed by atoms with Gasteiger partial charge in [0.1, 0.15) is 5.41 Å². The minimum absolute atomic E-state index is 0.0724. The molecule has 2 amide bonds. The molecule has 5 heteroatoms. The molecule has 0 N–H and O–H groups in total. The van der Waals surface area contributed by atoms with Gasteiger partial charge in [0.2, 0.25) is 11.8 Å². The summed E-state index contributed by atoms with van der Waals surface area (Å²) in [7, 11) is 0. The van der Waals surface area contributed by atoms with Crippen molar-refractivity contribution < 1.29 is 9.59 Å². The molecular formula is C21H30N2O2S.